The molecule has 5 rings (SSSR count). The summed E-state index contributed by atoms with van der Waals surface area (Å²) in [4.78, 5) is 20.2. The number of nitriles is 1. The molecule has 2 aliphatic rings. The van der Waals surface area contributed by atoms with E-state index in [1.165, 1.54) is 4.88 Å². The van der Waals surface area contributed by atoms with E-state index < -0.39 is 0 Å². The third kappa shape index (κ3) is 5.92. The molecule has 41 heavy (non-hydrogen) atoms. The highest BCUT2D eigenvalue weighted by Crippen LogP contribution is 2.46. The molecule has 10 heteroatoms. The topological polar surface area (TPSA) is 124 Å². The Morgan fingerprint density at radius 2 is 2.00 bits per heavy atom. The molecule has 0 radical (unpaired) electrons. The predicted octanol–water partition coefficient (Wildman–Crippen LogP) is 5.70. The highest BCUT2D eigenvalue weighted by Gasteiger charge is 2.31. The molecule has 3 aromatic rings. The minimum Gasteiger partial charge on any atom is -0.389 e. The smallest absolute Gasteiger partial charge is 0.181 e. The molecule has 0 amide bonds. The van der Waals surface area contributed by atoms with Crippen LogP contribution in [0.5, 0.6) is 0 Å². The fraction of sp³-hybridized carbons (Fsp3) is 0.516. The van der Waals surface area contributed by atoms with Crippen LogP contribution in [-0.4, -0.2) is 62.4 Å². The van der Waals surface area contributed by atoms with Crippen molar-refractivity contribution in [2.45, 2.75) is 78.2 Å². The summed E-state index contributed by atoms with van der Waals surface area (Å²) in [5, 5.41) is 20.0. The molecule has 1 aliphatic heterocycles. The summed E-state index contributed by atoms with van der Waals surface area (Å²) >= 11 is 1.55. The van der Waals surface area contributed by atoms with Gasteiger partial charge >= 0.3 is 0 Å². The van der Waals surface area contributed by atoms with Crippen LogP contribution < -0.4 is 10.6 Å². The lowest BCUT2D eigenvalue weighted by atomic mass is 9.78. The molecule has 0 bridgehead atoms. The fourth-order valence-corrected chi connectivity index (χ4v) is 7.37. The number of aryl methyl sites for hydroxylation is 1. The van der Waals surface area contributed by atoms with E-state index in [2.05, 4.69) is 48.5 Å². The molecule has 3 aromatic heterocycles. The van der Waals surface area contributed by atoms with Crippen molar-refractivity contribution in [1.82, 2.24) is 24.4 Å². The molecule has 1 fully saturated rings. The summed E-state index contributed by atoms with van der Waals surface area (Å²) in [6, 6.07) is 4.89. The van der Waals surface area contributed by atoms with Crippen LogP contribution in [0, 0.1) is 16.7 Å². The molecule has 4 heterocycles. The van der Waals surface area contributed by atoms with Crippen molar-refractivity contribution >= 4 is 27.9 Å². The minimum absolute atomic E-state index is 0.0766. The van der Waals surface area contributed by atoms with Crippen LogP contribution in [0.4, 0.5) is 10.8 Å². The maximum absolute atomic E-state index is 9.92. The van der Waals surface area contributed by atoms with Crippen molar-refractivity contribution in [1.29, 1.82) is 10.7 Å². The van der Waals surface area contributed by atoms with Gasteiger partial charge in [-0.2, -0.15) is 5.26 Å². The Morgan fingerprint density at radius 3 is 2.71 bits per heavy atom. The number of imidazole rings is 1. The first-order chi connectivity index (χ1) is 19.8. The second kappa shape index (κ2) is 12.5. The van der Waals surface area contributed by atoms with E-state index in [9.17, 15) is 10.7 Å². The summed E-state index contributed by atoms with van der Waals surface area (Å²) in [5.41, 5.74) is 10.4. The van der Waals surface area contributed by atoms with Gasteiger partial charge in [0.05, 0.1) is 5.56 Å². The van der Waals surface area contributed by atoms with Gasteiger partial charge in [0, 0.05) is 61.5 Å². The Bertz CT molecular complexity index is 1460. The molecular formula is C31H41N9S. The van der Waals surface area contributed by atoms with Crippen LogP contribution in [0.2, 0.25) is 0 Å². The summed E-state index contributed by atoms with van der Waals surface area (Å²) < 4.78 is 1.89. The van der Waals surface area contributed by atoms with Crippen LogP contribution in [0.3, 0.4) is 0 Å². The van der Waals surface area contributed by atoms with Crippen molar-refractivity contribution in [2.75, 3.05) is 36.8 Å². The highest BCUT2D eigenvalue weighted by molar-refractivity contribution is 7.16. The number of hydrogen-bond acceptors (Lipinski definition) is 9. The number of aromatic nitrogens is 4. The van der Waals surface area contributed by atoms with Crippen molar-refractivity contribution in [3.63, 3.8) is 0 Å². The predicted molar refractivity (Wildman–Crippen MR) is 166 cm³/mol. The van der Waals surface area contributed by atoms with Crippen LogP contribution in [0.1, 0.15) is 87.5 Å². The zero-order valence-electron chi connectivity index (χ0n) is 24.7. The van der Waals surface area contributed by atoms with E-state index in [4.69, 9.17) is 15.7 Å². The summed E-state index contributed by atoms with van der Waals surface area (Å²) in [7, 11) is 0. The minimum atomic E-state index is 0.0766. The van der Waals surface area contributed by atoms with Gasteiger partial charge in [-0.05, 0) is 64.0 Å². The standard InChI is InChI=1S/C31H41N9S/c1-5-8-23(21(4)22-9-6-10-25-28(22)24(18-32)30(34)41-25)29(33)31-36-26(17-27(37-31)40-14-11-35-19-40)39-13-7-12-38(15-16-39)20(2)3/h11,14,17,19-20,22,33H,5-10,12-13,15-16,34H2,1-4H3/b23-21+,33-29?/t22-/m1/s1. The van der Waals surface area contributed by atoms with E-state index in [0.717, 1.165) is 87.2 Å². The van der Waals surface area contributed by atoms with Crippen molar-refractivity contribution in [2.24, 2.45) is 0 Å². The molecule has 0 saturated carbocycles. The molecule has 1 atom stereocenters. The molecule has 1 aliphatic carbocycles. The van der Waals surface area contributed by atoms with Gasteiger partial charge in [-0.1, -0.05) is 18.9 Å². The first-order valence-electron chi connectivity index (χ1n) is 14.8. The molecule has 216 valence electrons. The quantitative estimate of drug-likeness (QED) is 0.332. The van der Waals surface area contributed by atoms with Gasteiger partial charge < -0.3 is 10.6 Å². The Labute approximate surface area is 247 Å². The number of thiophene rings is 1. The number of allylic oxidation sites excluding steroid dienone is 2. The number of anilines is 2. The van der Waals surface area contributed by atoms with Crippen molar-refractivity contribution < 1.29 is 0 Å². The van der Waals surface area contributed by atoms with Gasteiger partial charge in [-0.3, -0.25) is 14.9 Å². The first-order valence-corrected chi connectivity index (χ1v) is 15.6. The van der Waals surface area contributed by atoms with Crippen molar-refractivity contribution in [3.8, 4) is 11.9 Å². The molecule has 0 aromatic carbocycles. The number of rotatable bonds is 8. The zero-order chi connectivity index (χ0) is 29.1. The molecule has 0 unspecified atom stereocenters. The number of fused-ring (bicyclic) bond motifs is 1. The van der Waals surface area contributed by atoms with Gasteiger partial charge in [0.15, 0.2) is 5.82 Å². The van der Waals surface area contributed by atoms with Gasteiger partial charge in [0.2, 0.25) is 0 Å². The Balaban J connectivity index is 1.56. The Kier molecular flexibility index (Phi) is 8.85. The highest BCUT2D eigenvalue weighted by atomic mass is 32.1. The van der Waals surface area contributed by atoms with Gasteiger partial charge in [0.1, 0.15) is 34.7 Å². The lowest BCUT2D eigenvalue weighted by Gasteiger charge is -2.27. The normalized spacial score (nSPS) is 18.5. The largest absolute Gasteiger partial charge is 0.389 e. The fourth-order valence-electron chi connectivity index (χ4n) is 6.24. The second-order valence-corrected chi connectivity index (χ2v) is 12.5. The molecule has 0 spiro atoms. The number of nitrogens with one attached hydrogen (secondary N) is 1. The van der Waals surface area contributed by atoms with Gasteiger partial charge in [-0.15, -0.1) is 11.3 Å². The molecule has 3 N–H and O–H groups in total. The van der Waals surface area contributed by atoms with Crippen LogP contribution in [0.15, 0.2) is 35.9 Å². The number of nitrogens with zero attached hydrogens (tertiary/aromatic N) is 7. The second-order valence-electron chi connectivity index (χ2n) is 11.4. The van der Waals surface area contributed by atoms with Gasteiger partial charge in [-0.25, -0.2) is 15.0 Å². The third-order valence-electron chi connectivity index (χ3n) is 8.48. The Hall–Kier alpha value is -3.55. The number of nitrogen functional groups attached to an aromatic ring is 1. The molecular weight excluding hydrogens is 530 g/mol. The maximum atomic E-state index is 9.92. The lowest BCUT2D eigenvalue weighted by Crippen LogP contribution is -2.35. The Morgan fingerprint density at radius 1 is 1.20 bits per heavy atom. The first kappa shape index (κ1) is 29.0. The van der Waals surface area contributed by atoms with Crippen LogP contribution in [0.25, 0.3) is 5.82 Å². The third-order valence-corrected chi connectivity index (χ3v) is 9.58. The number of hydrogen-bond donors (Lipinski definition) is 2. The molecule has 1 saturated heterocycles. The maximum Gasteiger partial charge on any atom is 0.181 e. The van der Waals surface area contributed by atoms with E-state index in [0.29, 0.717) is 34.0 Å². The summed E-state index contributed by atoms with van der Waals surface area (Å²) in [6.07, 6.45) is 11.0. The number of nitrogens with two attached hydrogens (primary N) is 1. The zero-order valence-corrected chi connectivity index (χ0v) is 25.5. The summed E-state index contributed by atoms with van der Waals surface area (Å²) in [5.74, 6) is 2.07. The van der Waals surface area contributed by atoms with E-state index in [-0.39, 0.29) is 5.92 Å². The van der Waals surface area contributed by atoms with Crippen molar-refractivity contribution in [3.05, 3.63) is 57.8 Å². The van der Waals surface area contributed by atoms with E-state index >= 15 is 0 Å². The molecule has 9 nitrogen and oxygen atoms in total. The average molecular weight is 572 g/mol. The van der Waals surface area contributed by atoms with Crippen LogP contribution in [-0.2, 0) is 6.42 Å². The summed E-state index contributed by atoms with van der Waals surface area (Å²) in [6.45, 7) is 12.6. The lowest BCUT2D eigenvalue weighted by molar-refractivity contribution is 0.238. The SMILES string of the molecule is CCC/C(C(=N)c1nc(N2CCCN(C(C)C)CC2)cc(-n2ccnc2)n1)=C(/C)[C@H]1CCCc2sc(N)c(C#N)c21. The van der Waals surface area contributed by atoms with Gasteiger partial charge in [0.25, 0.3) is 0 Å². The van der Waals surface area contributed by atoms with E-state index in [1.54, 1.807) is 23.9 Å². The average Bonchev–Trinajstić information content (AvgIpc) is 3.55. The monoisotopic (exact) mass is 571 g/mol. The van der Waals surface area contributed by atoms with Crippen LogP contribution >= 0.6 is 11.3 Å². The van der Waals surface area contributed by atoms with E-state index in [1.807, 2.05) is 16.8 Å².